The van der Waals surface area contributed by atoms with Gasteiger partial charge in [-0.2, -0.15) is 0 Å². The molecule has 0 radical (unpaired) electrons. The van der Waals surface area contributed by atoms with Gasteiger partial charge in [0.05, 0.1) is 30.0 Å². The summed E-state index contributed by atoms with van der Waals surface area (Å²) in [5.74, 6) is -0.0410. The summed E-state index contributed by atoms with van der Waals surface area (Å²) in [7, 11) is 0. The van der Waals surface area contributed by atoms with E-state index in [9.17, 15) is 9.90 Å². The molecule has 1 atom stereocenters. The number of aliphatic hydroxyl groups is 1. The lowest BCUT2D eigenvalue weighted by atomic mass is 10.1. The molecule has 0 saturated carbocycles. The van der Waals surface area contributed by atoms with Crippen molar-refractivity contribution < 1.29 is 19.4 Å². The van der Waals surface area contributed by atoms with E-state index in [4.69, 9.17) is 9.47 Å². The van der Waals surface area contributed by atoms with Crippen LogP contribution in [0.4, 0.5) is 0 Å². The second-order valence-electron chi connectivity index (χ2n) is 7.24. The minimum Gasteiger partial charge on any atom is -0.490 e. The van der Waals surface area contributed by atoms with Crippen LogP contribution in [0.1, 0.15) is 35.3 Å². The number of hydrogen-bond donors (Lipinski definition) is 1. The van der Waals surface area contributed by atoms with Gasteiger partial charge in [0.2, 0.25) is 0 Å². The number of para-hydroxylation sites is 1. The molecule has 2 aromatic carbocycles. The normalized spacial score (nSPS) is 12.4. The third-order valence-corrected chi connectivity index (χ3v) is 4.52. The molecular weight excluding hydrogens is 356 g/mol. The van der Waals surface area contributed by atoms with Crippen molar-refractivity contribution in [1.82, 2.24) is 9.55 Å². The molecule has 1 N–H and O–H groups in total. The van der Waals surface area contributed by atoms with Gasteiger partial charge >= 0.3 is 5.97 Å². The molecular formula is C22H26N2O4. The van der Waals surface area contributed by atoms with Crippen LogP contribution < -0.4 is 4.74 Å². The van der Waals surface area contributed by atoms with E-state index < -0.39 is 12.1 Å². The Morgan fingerprint density at radius 3 is 2.64 bits per heavy atom. The topological polar surface area (TPSA) is 73.6 Å². The van der Waals surface area contributed by atoms with Crippen LogP contribution >= 0.6 is 0 Å². The molecule has 148 valence electrons. The molecule has 0 amide bonds. The number of aryl methyl sites for hydroxylation is 2. The Labute approximate surface area is 164 Å². The van der Waals surface area contributed by atoms with E-state index in [0.717, 1.165) is 11.0 Å². The Morgan fingerprint density at radius 2 is 1.89 bits per heavy atom. The van der Waals surface area contributed by atoms with E-state index in [1.807, 2.05) is 10.6 Å². The molecule has 3 rings (SSSR count). The van der Waals surface area contributed by atoms with Crippen molar-refractivity contribution in [2.24, 2.45) is 0 Å². The van der Waals surface area contributed by atoms with Crippen LogP contribution in [0.5, 0.6) is 5.75 Å². The van der Waals surface area contributed by atoms with Gasteiger partial charge < -0.3 is 19.1 Å². The highest BCUT2D eigenvalue weighted by atomic mass is 16.5. The number of aliphatic hydroxyl groups excluding tert-OH is 1. The lowest BCUT2D eigenvalue weighted by molar-refractivity contribution is 0.0367. The number of ether oxygens (including phenoxy) is 2. The van der Waals surface area contributed by atoms with Crippen molar-refractivity contribution in [3.8, 4) is 5.75 Å². The first-order valence-corrected chi connectivity index (χ1v) is 9.38. The zero-order chi connectivity index (χ0) is 20.3. The van der Waals surface area contributed by atoms with Crippen molar-refractivity contribution in [3.05, 3.63) is 59.4 Å². The highest BCUT2D eigenvalue weighted by molar-refractivity contribution is 5.92. The quantitative estimate of drug-likeness (QED) is 0.631. The Kier molecular flexibility index (Phi) is 5.99. The van der Waals surface area contributed by atoms with Gasteiger partial charge in [-0.25, -0.2) is 9.78 Å². The van der Waals surface area contributed by atoms with E-state index in [-0.39, 0.29) is 12.7 Å². The first-order chi connectivity index (χ1) is 13.3. The maximum Gasteiger partial charge on any atom is 0.342 e. The monoisotopic (exact) mass is 382 g/mol. The second-order valence-corrected chi connectivity index (χ2v) is 7.24. The second kappa shape index (κ2) is 8.44. The number of nitrogens with zero attached hydrogens (tertiary/aromatic N) is 2. The molecule has 0 aliphatic rings. The summed E-state index contributed by atoms with van der Waals surface area (Å²) >= 11 is 0. The third kappa shape index (κ3) is 4.51. The van der Waals surface area contributed by atoms with Crippen molar-refractivity contribution >= 4 is 17.0 Å². The highest BCUT2D eigenvalue weighted by Gasteiger charge is 2.17. The van der Waals surface area contributed by atoms with Crippen molar-refractivity contribution in [3.63, 3.8) is 0 Å². The fraction of sp³-hybridized carbons (Fsp3) is 0.364. The van der Waals surface area contributed by atoms with Crippen LogP contribution in [-0.4, -0.2) is 39.4 Å². The van der Waals surface area contributed by atoms with Crippen LogP contribution in [0, 0.1) is 13.8 Å². The number of esters is 1. The maximum absolute atomic E-state index is 12.2. The van der Waals surface area contributed by atoms with Crippen LogP contribution in [0.25, 0.3) is 11.0 Å². The number of hydrogen-bond acceptors (Lipinski definition) is 5. The van der Waals surface area contributed by atoms with Crippen LogP contribution in [0.15, 0.2) is 42.7 Å². The van der Waals surface area contributed by atoms with Crippen molar-refractivity contribution in [2.45, 2.75) is 46.4 Å². The molecule has 0 fully saturated rings. The summed E-state index contributed by atoms with van der Waals surface area (Å²) in [6.45, 7) is 8.10. The summed E-state index contributed by atoms with van der Waals surface area (Å²) in [5, 5.41) is 10.5. The van der Waals surface area contributed by atoms with Gasteiger partial charge in [-0.3, -0.25) is 0 Å². The Morgan fingerprint density at radius 1 is 1.18 bits per heavy atom. The van der Waals surface area contributed by atoms with Gasteiger partial charge in [0.1, 0.15) is 24.0 Å². The summed E-state index contributed by atoms with van der Waals surface area (Å²) in [6, 6.07) is 11.0. The standard InChI is InChI=1S/C22H26N2O4/c1-14(2)28-22(26)18-7-5-6-8-21(18)27-12-17(25)11-24-13-23-19-9-15(3)16(4)10-20(19)24/h5-10,13-14,17,25H,11-12H2,1-4H3/t17-/m0/s1. The molecule has 28 heavy (non-hydrogen) atoms. The minimum atomic E-state index is -0.756. The predicted molar refractivity (Wildman–Crippen MR) is 108 cm³/mol. The summed E-state index contributed by atoms with van der Waals surface area (Å²) < 4.78 is 12.9. The predicted octanol–water partition coefficient (Wildman–Crippen LogP) is 3.66. The average Bonchev–Trinajstić information content (AvgIpc) is 3.01. The molecule has 0 spiro atoms. The molecule has 0 aliphatic carbocycles. The Hall–Kier alpha value is -2.86. The largest absolute Gasteiger partial charge is 0.490 e. The summed E-state index contributed by atoms with van der Waals surface area (Å²) in [5.41, 5.74) is 4.59. The number of fused-ring (bicyclic) bond motifs is 1. The number of carbonyl (C=O) groups is 1. The molecule has 1 aromatic heterocycles. The van der Waals surface area contributed by atoms with E-state index in [2.05, 4.69) is 24.9 Å². The lowest BCUT2D eigenvalue weighted by Crippen LogP contribution is -2.24. The van der Waals surface area contributed by atoms with E-state index in [1.54, 1.807) is 44.4 Å². The highest BCUT2D eigenvalue weighted by Crippen LogP contribution is 2.21. The van der Waals surface area contributed by atoms with Gasteiger partial charge in [-0.15, -0.1) is 0 Å². The third-order valence-electron chi connectivity index (χ3n) is 4.52. The smallest absolute Gasteiger partial charge is 0.342 e. The number of carbonyl (C=O) groups excluding carboxylic acids is 1. The first-order valence-electron chi connectivity index (χ1n) is 9.38. The SMILES string of the molecule is Cc1cc2ncn(C[C@H](O)COc3ccccc3C(=O)OC(C)C)c2cc1C. The van der Waals surface area contributed by atoms with Crippen molar-refractivity contribution in [2.75, 3.05) is 6.61 Å². The van der Waals surface area contributed by atoms with Gasteiger partial charge in [0.15, 0.2) is 0 Å². The van der Waals surface area contributed by atoms with E-state index in [0.29, 0.717) is 17.9 Å². The maximum atomic E-state index is 12.2. The number of rotatable bonds is 7. The molecule has 0 unspecified atom stereocenters. The summed E-state index contributed by atoms with van der Waals surface area (Å²) in [4.78, 5) is 16.6. The molecule has 0 aliphatic heterocycles. The van der Waals surface area contributed by atoms with Crippen LogP contribution in [-0.2, 0) is 11.3 Å². The van der Waals surface area contributed by atoms with Crippen LogP contribution in [0.3, 0.4) is 0 Å². The van der Waals surface area contributed by atoms with Gasteiger partial charge in [0.25, 0.3) is 0 Å². The van der Waals surface area contributed by atoms with E-state index >= 15 is 0 Å². The zero-order valence-corrected chi connectivity index (χ0v) is 16.7. The fourth-order valence-electron chi connectivity index (χ4n) is 2.96. The molecule has 1 heterocycles. The molecule has 6 heteroatoms. The molecule has 6 nitrogen and oxygen atoms in total. The Bertz CT molecular complexity index is 978. The van der Waals surface area contributed by atoms with E-state index in [1.165, 1.54) is 11.1 Å². The van der Waals surface area contributed by atoms with Gasteiger partial charge in [-0.1, -0.05) is 12.1 Å². The first kappa shape index (κ1) is 19.9. The van der Waals surface area contributed by atoms with Crippen molar-refractivity contribution in [1.29, 1.82) is 0 Å². The van der Waals surface area contributed by atoms with Crippen LogP contribution in [0.2, 0.25) is 0 Å². The Balaban J connectivity index is 1.68. The number of aromatic nitrogens is 2. The average molecular weight is 382 g/mol. The number of imidazole rings is 1. The zero-order valence-electron chi connectivity index (χ0n) is 16.7. The summed E-state index contributed by atoms with van der Waals surface area (Å²) in [6.07, 6.45) is 0.752. The number of benzene rings is 2. The van der Waals surface area contributed by atoms with Gasteiger partial charge in [0, 0.05) is 0 Å². The fourth-order valence-corrected chi connectivity index (χ4v) is 2.96. The minimum absolute atomic E-state index is 0.0521. The molecule has 0 saturated heterocycles. The molecule has 3 aromatic rings. The van der Waals surface area contributed by atoms with Gasteiger partial charge in [-0.05, 0) is 63.1 Å². The molecule has 0 bridgehead atoms. The lowest BCUT2D eigenvalue weighted by Gasteiger charge is -2.16.